The Labute approximate surface area is 136 Å². The first-order valence-electron chi connectivity index (χ1n) is 7.13. The van der Waals surface area contributed by atoms with Crippen molar-refractivity contribution in [3.8, 4) is 0 Å². The van der Waals surface area contributed by atoms with Crippen molar-refractivity contribution >= 4 is 24.1 Å². The Morgan fingerprint density at radius 2 is 1.52 bits per heavy atom. The maximum Gasteiger partial charge on any atom is 0.425 e. The summed E-state index contributed by atoms with van der Waals surface area (Å²) in [7, 11) is 0. The molecule has 23 heavy (non-hydrogen) atoms. The van der Waals surface area contributed by atoms with Crippen molar-refractivity contribution in [2.75, 3.05) is 4.90 Å². The Bertz CT molecular complexity index is 572. The van der Waals surface area contributed by atoms with E-state index in [0.717, 1.165) is 4.90 Å². The average molecular weight is 321 g/mol. The zero-order chi connectivity index (χ0) is 17.8. The number of hydrogen-bond acceptors (Lipinski definition) is 6. The molecule has 0 saturated heterocycles. The first-order valence-corrected chi connectivity index (χ1v) is 7.13. The Hall–Kier alpha value is -2.44. The SMILES string of the molecule is C=Cc1cc(N(C(=O)OC(C)(C)C)C(=O)OC(C)(C)C)ncn1. The van der Waals surface area contributed by atoms with E-state index in [1.807, 2.05) is 0 Å². The van der Waals surface area contributed by atoms with E-state index in [2.05, 4.69) is 16.5 Å². The van der Waals surface area contributed by atoms with Crippen LogP contribution in [0.1, 0.15) is 47.2 Å². The van der Waals surface area contributed by atoms with Gasteiger partial charge in [0.05, 0.1) is 5.69 Å². The van der Waals surface area contributed by atoms with Gasteiger partial charge in [0.25, 0.3) is 0 Å². The predicted molar refractivity (Wildman–Crippen MR) is 87.1 cm³/mol. The number of aromatic nitrogens is 2. The highest BCUT2D eigenvalue weighted by Crippen LogP contribution is 2.20. The molecule has 0 bridgehead atoms. The molecule has 1 aromatic rings. The van der Waals surface area contributed by atoms with Crippen molar-refractivity contribution in [2.45, 2.75) is 52.7 Å². The molecule has 0 saturated carbocycles. The molecule has 0 atom stereocenters. The number of rotatable bonds is 2. The first-order chi connectivity index (χ1) is 10.4. The summed E-state index contributed by atoms with van der Waals surface area (Å²) in [5, 5.41) is 0. The van der Waals surface area contributed by atoms with Crippen molar-refractivity contribution in [2.24, 2.45) is 0 Å². The monoisotopic (exact) mass is 321 g/mol. The molecule has 0 spiro atoms. The number of amides is 2. The Kier molecular flexibility index (Phi) is 5.47. The molecule has 0 aromatic carbocycles. The molecule has 0 aliphatic heterocycles. The molecular weight excluding hydrogens is 298 g/mol. The first kappa shape index (κ1) is 18.6. The van der Waals surface area contributed by atoms with Crippen LogP contribution in [-0.4, -0.2) is 33.4 Å². The van der Waals surface area contributed by atoms with Crippen molar-refractivity contribution in [1.82, 2.24) is 9.97 Å². The lowest BCUT2D eigenvalue weighted by Crippen LogP contribution is -2.44. The molecule has 0 aliphatic carbocycles. The van der Waals surface area contributed by atoms with Crippen LogP contribution in [0.3, 0.4) is 0 Å². The molecule has 7 heteroatoms. The number of imide groups is 1. The number of nitrogens with zero attached hydrogens (tertiary/aromatic N) is 3. The van der Waals surface area contributed by atoms with Crippen LogP contribution in [0.5, 0.6) is 0 Å². The fraction of sp³-hybridized carbons (Fsp3) is 0.500. The maximum absolute atomic E-state index is 12.4. The fourth-order valence-corrected chi connectivity index (χ4v) is 1.47. The molecule has 126 valence electrons. The van der Waals surface area contributed by atoms with Gasteiger partial charge in [-0.2, -0.15) is 4.90 Å². The molecule has 7 nitrogen and oxygen atoms in total. The number of carbonyl (C=O) groups excluding carboxylic acids is 2. The minimum atomic E-state index is -0.875. The summed E-state index contributed by atoms with van der Waals surface area (Å²) in [5.74, 6) is 0.0541. The normalized spacial score (nSPS) is 11.6. The highest BCUT2D eigenvalue weighted by molar-refractivity contribution is 6.08. The summed E-state index contributed by atoms with van der Waals surface area (Å²) in [6.45, 7) is 13.8. The van der Waals surface area contributed by atoms with Gasteiger partial charge in [0.15, 0.2) is 5.82 Å². The Morgan fingerprint density at radius 3 is 1.91 bits per heavy atom. The van der Waals surface area contributed by atoms with Gasteiger partial charge in [0, 0.05) is 6.07 Å². The second kappa shape index (κ2) is 6.76. The molecule has 1 aromatic heterocycles. The van der Waals surface area contributed by atoms with E-state index in [1.54, 1.807) is 41.5 Å². The molecule has 0 aliphatic rings. The van der Waals surface area contributed by atoms with Crippen LogP contribution < -0.4 is 4.90 Å². The average Bonchev–Trinajstić information content (AvgIpc) is 2.34. The van der Waals surface area contributed by atoms with Gasteiger partial charge in [-0.1, -0.05) is 6.58 Å². The molecule has 1 heterocycles. The third-order valence-corrected chi connectivity index (χ3v) is 2.26. The standard InChI is InChI=1S/C16H23N3O4/c1-8-11-9-12(18-10-17-11)19(13(20)22-15(2,3)4)14(21)23-16(5,6)7/h8-10H,1H2,2-7H3. The largest absolute Gasteiger partial charge is 0.443 e. The minimum absolute atomic E-state index is 0.0541. The minimum Gasteiger partial charge on any atom is -0.443 e. The Morgan fingerprint density at radius 1 is 1.04 bits per heavy atom. The molecule has 1 rings (SSSR count). The smallest absolute Gasteiger partial charge is 0.425 e. The second-order valence-electron chi connectivity index (χ2n) is 6.80. The lowest BCUT2D eigenvalue weighted by molar-refractivity contribution is 0.0429. The summed E-state index contributed by atoms with van der Waals surface area (Å²) >= 11 is 0. The fourth-order valence-electron chi connectivity index (χ4n) is 1.47. The zero-order valence-corrected chi connectivity index (χ0v) is 14.4. The summed E-state index contributed by atoms with van der Waals surface area (Å²) < 4.78 is 10.5. The van der Waals surface area contributed by atoms with E-state index in [1.165, 1.54) is 18.5 Å². The molecule has 0 N–H and O–H groups in total. The number of anilines is 1. The van der Waals surface area contributed by atoms with Crippen LogP contribution in [-0.2, 0) is 9.47 Å². The summed E-state index contributed by atoms with van der Waals surface area (Å²) in [4.78, 5) is 33.5. The van der Waals surface area contributed by atoms with Crippen LogP contribution in [0, 0.1) is 0 Å². The van der Waals surface area contributed by atoms with Gasteiger partial charge in [-0.25, -0.2) is 19.6 Å². The van der Waals surface area contributed by atoms with Crippen molar-refractivity contribution in [3.05, 3.63) is 24.7 Å². The quantitative estimate of drug-likeness (QED) is 0.824. The van der Waals surface area contributed by atoms with Crippen molar-refractivity contribution in [3.63, 3.8) is 0 Å². The van der Waals surface area contributed by atoms with E-state index in [-0.39, 0.29) is 5.82 Å². The molecule has 0 radical (unpaired) electrons. The molecule has 0 unspecified atom stereocenters. The zero-order valence-electron chi connectivity index (χ0n) is 14.4. The van der Waals surface area contributed by atoms with E-state index in [9.17, 15) is 9.59 Å². The third kappa shape index (κ3) is 6.06. The van der Waals surface area contributed by atoms with Crippen LogP contribution in [0.15, 0.2) is 19.0 Å². The van der Waals surface area contributed by atoms with E-state index in [0.29, 0.717) is 5.69 Å². The number of hydrogen-bond donors (Lipinski definition) is 0. The molecule has 0 fully saturated rings. The van der Waals surface area contributed by atoms with Crippen LogP contribution in [0.25, 0.3) is 6.08 Å². The number of carbonyl (C=O) groups is 2. The van der Waals surface area contributed by atoms with Gasteiger partial charge in [-0.3, -0.25) is 0 Å². The van der Waals surface area contributed by atoms with Crippen LogP contribution in [0.2, 0.25) is 0 Å². The lowest BCUT2D eigenvalue weighted by Gasteiger charge is -2.28. The predicted octanol–water partition coefficient (Wildman–Crippen LogP) is 3.80. The molecular formula is C16H23N3O4. The Balaban J connectivity index is 3.22. The van der Waals surface area contributed by atoms with Gasteiger partial charge in [-0.05, 0) is 47.6 Å². The van der Waals surface area contributed by atoms with E-state index < -0.39 is 23.4 Å². The second-order valence-corrected chi connectivity index (χ2v) is 6.80. The van der Waals surface area contributed by atoms with Gasteiger partial charge in [0.2, 0.25) is 0 Å². The topological polar surface area (TPSA) is 81.6 Å². The van der Waals surface area contributed by atoms with Gasteiger partial charge < -0.3 is 9.47 Å². The van der Waals surface area contributed by atoms with E-state index >= 15 is 0 Å². The number of ether oxygens (including phenoxy) is 2. The van der Waals surface area contributed by atoms with Gasteiger partial charge >= 0.3 is 12.2 Å². The van der Waals surface area contributed by atoms with Gasteiger partial charge in [0.1, 0.15) is 17.5 Å². The summed E-state index contributed by atoms with van der Waals surface area (Å²) in [5.41, 5.74) is -1.08. The van der Waals surface area contributed by atoms with Gasteiger partial charge in [-0.15, -0.1) is 0 Å². The van der Waals surface area contributed by atoms with Crippen molar-refractivity contribution < 1.29 is 19.1 Å². The summed E-state index contributed by atoms with van der Waals surface area (Å²) in [6.07, 6.45) is 0.961. The van der Waals surface area contributed by atoms with Crippen LogP contribution in [0.4, 0.5) is 15.4 Å². The third-order valence-electron chi connectivity index (χ3n) is 2.26. The summed E-state index contributed by atoms with van der Waals surface area (Å²) in [6, 6.07) is 1.45. The van der Waals surface area contributed by atoms with Crippen molar-refractivity contribution in [1.29, 1.82) is 0 Å². The van der Waals surface area contributed by atoms with Crippen LogP contribution >= 0.6 is 0 Å². The molecule has 2 amide bonds. The lowest BCUT2D eigenvalue weighted by atomic mass is 10.2. The van der Waals surface area contributed by atoms with E-state index in [4.69, 9.17) is 9.47 Å². The maximum atomic E-state index is 12.4. The highest BCUT2D eigenvalue weighted by atomic mass is 16.6. The highest BCUT2D eigenvalue weighted by Gasteiger charge is 2.33.